The molecule has 2 aromatic rings. The van der Waals surface area contributed by atoms with Crippen LogP contribution in [0, 0.1) is 5.41 Å². The average molecular weight is 373 g/mol. The molecule has 1 saturated heterocycles. The predicted molar refractivity (Wildman–Crippen MR) is 104 cm³/mol. The summed E-state index contributed by atoms with van der Waals surface area (Å²) in [6.45, 7) is 2.03. The van der Waals surface area contributed by atoms with Gasteiger partial charge < -0.3 is 20.7 Å². The highest BCUT2D eigenvalue weighted by atomic mass is 32.1. The second kappa shape index (κ2) is 8.44. The van der Waals surface area contributed by atoms with Crippen molar-refractivity contribution < 1.29 is 14.3 Å². The van der Waals surface area contributed by atoms with E-state index in [1.807, 2.05) is 11.4 Å². The van der Waals surface area contributed by atoms with Gasteiger partial charge in [-0.2, -0.15) is 0 Å². The number of ether oxygens (including phenoxy) is 1. The van der Waals surface area contributed by atoms with Gasteiger partial charge in [0.15, 0.2) is 0 Å². The Balaban J connectivity index is 1.63. The van der Waals surface area contributed by atoms with Gasteiger partial charge in [0.2, 0.25) is 5.91 Å². The van der Waals surface area contributed by atoms with Gasteiger partial charge in [-0.05, 0) is 61.6 Å². The molecule has 0 aliphatic carbocycles. The summed E-state index contributed by atoms with van der Waals surface area (Å²) in [6.07, 6.45) is 1.50. The Morgan fingerprint density at radius 1 is 1.12 bits per heavy atom. The Morgan fingerprint density at radius 2 is 1.77 bits per heavy atom. The zero-order valence-electron chi connectivity index (χ0n) is 14.7. The SMILES string of the molecule is COCC1(C(=O)Nc2ccc(NC(=O)c3cccs3)cc2)CCNCC1. The lowest BCUT2D eigenvalue weighted by atomic mass is 9.78. The van der Waals surface area contributed by atoms with E-state index in [2.05, 4.69) is 16.0 Å². The van der Waals surface area contributed by atoms with E-state index in [0.29, 0.717) is 22.9 Å². The highest BCUT2D eigenvalue weighted by molar-refractivity contribution is 7.12. The van der Waals surface area contributed by atoms with Gasteiger partial charge in [-0.3, -0.25) is 9.59 Å². The number of anilines is 2. The third-order valence-corrected chi connectivity index (χ3v) is 5.48. The van der Waals surface area contributed by atoms with Gasteiger partial charge in [-0.1, -0.05) is 6.07 Å². The maximum Gasteiger partial charge on any atom is 0.265 e. The molecule has 0 atom stereocenters. The van der Waals surface area contributed by atoms with E-state index < -0.39 is 5.41 Å². The largest absolute Gasteiger partial charge is 0.384 e. The molecular formula is C19H23N3O3S. The number of thiophene rings is 1. The number of carbonyl (C=O) groups excluding carboxylic acids is 2. The number of hydrogen-bond donors (Lipinski definition) is 3. The Hall–Kier alpha value is -2.22. The first-order valence-electron chi connectivity index (χ1n) is 8.59. The molecule has 0 spiro atoms. The normalized spacial score (nSPS) is 16.0. The number of amides is 2. The summed E-state index contributed by atoms with van der Waals surface area (Å²) in [4.78, 5) is 25.5. The summed E-state index contributed by atoms with van der Waals surface area (Å²) in [5, 5.41) is 11.0. The smallest absolute Gasteiger partial charge is 0.265 e. The van der Waals surface area contributed by atoms with Crippen LogP contribution in [0.2, 0.25) is 0 Å². The first kappa shape index (κ1) is 18.6. The van der Waals surface area contributed by atoms with E-state index in [9.17, 15) is 9.59 Å². The van der Waals surface area contributed by atoms with Crippen LogP contribution in [-0.4, -0.2) is 38.6 Å². The lowest BCUT2D eigenvalue weighted by molar-refractivity contribution is -0.130. The van der Waals surface area contributed by atoms with Crippen LogP contribution in [-0.2, 0) is 9.53 Å². The summed E-state index contributed by atoms with van der Waals surface area (Å²) >= 11 is 1.40. The first-order chi connectivity index (χ1) is 12.6. The molecule has 1 aliphatic rings. The van der Waals surface area contributed by atoms with Crippen LogP contribution >= 0.6 is 11.3 Å². The fourth-order valence-corrected chi connectivity index (χ4v) is 3.74. The van der Waals surface area contributed by atoms with Crippen molar-refractivity contribution in [3.05, 3.63) is 46.7 Å². The lowest BCUT2D eigenvalue weighted by Gasteiger charge is -2.35. The number of piperidine rings is 1. The van der Waals surface area contributed by atoms with E-state index in [4.69, 9.17) is 4.74 Å². The van der Waals surface area contributed by atoms with Gasteiger partial charge in [0.05, 0.1) is 16.9 Å². The zero-order chi connectivity index (χ0) is 18.4. The van der Waals surface area contributed by atoms with Crippen molar-refractivity contribution in [2.45, 2.75) is 12.8 Å². The molecule has 0 radical (unpaired) electrons. The van der Waals surface area contributed by atoms with E-state index in [0.717, 1.165) is 25.9 Å². The van der Waals surface area contributed by atoms with Crippen molar-refractivity contribution >= 4 is 34.5 Å². The summed E-state index contributed by atoms with van der Waals surface area (Å²) < 4.78 is 5.31. The fourth-order valence-electron chi connectivity index (χ4n) is 3.12. The van der Waals surface area contributed by atoms with Gasteiger partial charge in [-0.25, -0.2) is 0 Å². The Morgan fingerprint density at radius 3 is 2.35 bits per heavy atom. The summed E-state index contributed by atoms with van der Waals surface area (Å²) in [5.41, 5.74) is 0.902. The zero-order valence-corrected chi connectivity index (χ0v) is 15.5. The van der Waals surface area contributed by atoms with Crippen molar-refractivity contribution in [1.29, 1.82) is 0 Å². The molecule has 1 aromatic heterocycles. The molecular weight excluding hydrogens is 350 g/mol. The molecule has 26 heavy (non-hydrogen) atoms. The van der Waals surface area contributed by atoms with Gasteiger partial charge in [0.25, 0.3) is 5.91 Å². The second-order valence-electron chi connectivity index (χ2n) is 6.43. The third-order valence-electron chi connectivity index (χ3n) is 4.61. The molecule has 138 valence electrons. The minimum Gasteiger partial charge on any atom is -0.384 e. The van der Waals surface area contributed by atoms with Crippen LogP contribution in [0.1, 0.15) is 22.5 Å². The summed E-state index contributed by atoms with van der Waals surface area (Å²) in [6, 6.07) is 10.8. The Labute approximate surface area is 156 Å². The van der Waals surface area contributed by atoms with E-state index in [1.54, 1.807) is 37.4 Å². The van der Waals surface area contributed by atoms with Crippen molar-refractivity contribution in [2.75, 3.05) is 37.4 Å². The molecule has 1 fully saturated rings. The topological polar surface area (TPSA) is 79.5 Å². The van der Waals surface area contributed by atoms with Crippen LogP contribution in [0.5, 0.6) is 0 Å². The van der Waals surface area contributed by atoms with Crippen LogP contribution < -0.4 is 16.0 Å². The number of rotatable bonds is 6. The second-order valence-corrected chi connectivity index (χ2v) is 7.37. The molecule has 3 rings (SSSR count). The maximum atomic E-state index is 12.8. The quantitative estimate of drug-likeness (QED) is 0.727. The predicted octanol–water partition coefficient (Wildman–Crippen LogP) is 2.96. The number of nitrogens with one attached hydrogen (secondary N) is 3. The van der Waals surface area contributed by atoms with Crippen LogP contribution in [0.25, 0.3) is 0 Å². The molecule has 1 aromatic carbocycles. The summed E-state index contributed by atoms with van der Waals surface area (Å²) in [7, 11) is 1.63. The third kappa shape index (κ3) is 4.30. The molecule has 3 N–H and O–H groups in total. The monoisotopic (exact) mass is 373 g/mol. The van der Waals surface area contributed by atoms with Crippen LogP contribution in [0.15, 0.2) is 41.8 Å². The lowest BCUT2D eigenvalue weighted by Crippen LogP contribution is -2.47. The maximum absolute atomic E-state index is 12.8. The number of hydrogen-bond acceptors (Lipinski definition) is 5. The van der Waals surface area contributed by atoms with Gasteiger partial charge in [-0.15, -0.1) is 11.3 Å². The Kier molecular flexibility index (Phi) is 6.03. The highest BCUT2D eigenvalue weighted by Crippen LogP contribution is 2.31. The first-order valence-corrected chi connectivity index (χ1v) is 9.47. The fraction of sp³-hybridized carbons (Fsp3) is 0.368. The standard InChI is InChI=1S/C19H23N3O3S/c1-25-13-19(8-10-20-11-9-19)18(24)22-15-6-4-14(5-7-15)21-17(23)16-3-2-12-26-16/h2-7,12,20H,8-11,13H2,1H3,(H,21,23)(H,22,24). The molecule has 0 unspecified atom stereocenters. The molecule has 0 bridgehead atoms. The number of carbonyl (C=O) groups is 2. The van der Waals surface area contributed by atoms with Crippen molar-refractivity contribution in [1.82, 2.24) is 5.32 Å². The Bertz CT molecular complexity index is 732. The average Bonchev–Trinajstić information content (AvgIpc) is 3.19. The van der Waals surface area contributed by atoms with Gasteiger partial charge >= 0.3 is 0 Å². The van der Waals surface area contributed by atoms with Crippen molar-refractivity contribution in [3.8, 4) is 0 Å². The van der Waals surface area contributed by atoms with Crippen molar-refractivity contribution in [2.24, 2.45) is 5.41 Å². The van der Waals surface area contributed by atoms with Crippen LogP contribution in [0.4, 0.5) is 11.4 Å². The molecule has 6 nitrogen and oxygen atoms in total. The van der Waals surface area contributed by atoms with E-state index in [-0.39, 0.29) is 11.8 Å². The van der Waals surface area contributed by atoms with E-state index in [1.165, 1.54) is 11.3 Å². The molecule has 7 heteroatoms. The number of methoxy groups -OCH3 is 1. The number of benzene rings is 1. The summed E-state index contributed by atoms with van der Waals surface area (Å²) in [5.74, 6) is -0.151. The van der Waals surface area contributed by atoms with Gasteiger partial charge in [0.1, 0.15) is 0 Å². The minimum atomic E-state index is -0.494. The van der Waals surface area contributed by atoms with Gasteiger partial charge in [0, 0.05) is 18.5 Å². The van der Waals surface area contributed by atoms with Crippen molar-refractivity contribution in [3.63, 3.8) is 0 Å². The highest BCUT2D eigenvalue weighted by Gasteiger charge is 2.39. The molecule has 2 heterocycles. The molecule has 0 saturated carbocycles. The minimum absolute atomic E-state index is 0.0174. The van der Waals surface area contributed by atoms with Crippen LogP contribution in [0.3, 0.4) is 0 Å². The van der Waals surface area contributed by atoms with E-state index >= 15 is 0 Å². The molecule has 1 aliphatic heterocycles. The molecule has 2 amide bonds.